The maximum absolute atomic E-state index is 12.6. The molecule has 1 aromatic heterocycles. The zero-order chi connectivity index (χ0) is 22.8. The number of halogens is 1. The average Bonchev–Trinajstić information content (AvgIpc) is 3.02. The van der Waals surface area contributed by atoms with Gasteiger partial charge in [-0.1, -0.05) is 23.2 Å². The van der Waals surface area contributed by atoms with E-state index >= 15 is 0 Å². The average molecular weight is 455 g/mol. The van der Waals surface area contributed by atoms with E-state index in [4.69, 9.17) is 11.6 Å². The Morgan fingerprint density at radius 3 is 2.50 bits per heavy atom. The Labute approximate surface area is 190 Å². The fourth-order valence-corrected chi connectivity index (χ4v) is 4.15. The van der Waals surface area contributed by atoms with Crippen molar-refractivity contribution in [2.24, 2.45) is 5.92 Å². The predicted octanol–water partition coefficient (Wildman–Crippen LogP) is 2.91. The molecule has 0 unspecified atom stereocenters. The summed E-state index contributed by atoms with van der Waals surface area (Å²) in [7, 11) is 0. The van der Waals surface area contributed by atoms with Crippen molar-refractivity contribution in [2.75, 3.05) is 25.0 Å². The number of carbonyl (C=O) groups is 4. The number of pyridine rings is 1. The summed E-state index contributed by atoms with van der Waals surface area (Å²) < 4.78 is 0. The van der Waals surface area contributed by atoms with E-state index in [2.05, 4.69) is 10.3 Å². The number of rotatable bonds is 5. The lowest BCUT2D eigenvalue weighted by molar-refractivity contribution is -0.134. The molecule has 4 rings (SSSR count). The van der Waals surface area contributed by atoms with E-state index in [1.807, 2.05) is 6.92 Å². The van der Waals surface area contributed by atoms with E-state index in [1.54, 1.807) is 35.2 Å². The highest BCUT2D eigenvalue weighted by atomic mass is 35.5. The van der Waals surface area contributed by atoms with Gasteiger partial charge in [-0.05, 0) is 44.0 Å². The molecule has 0 atom stereocenters. The third-order valence-electron chi connectivity index (χ3n) is 5.87. The molecular formula is C23H23ClN4O4. The number of amides is 4. The van der Waals surface area contributed by atoms with E-state index in [0.29, 0.717) is 47.9 Å². The van der Waals surface area contributed by atoms with Gasteiger partial charge in [0, 0.05) is 38.2 Å². The number of hydrogen-bond donors (Lipinski definition) is 1. The summed E-state index contributed by atoms with van der Waals surface area (Å²) in [6.07, 6.45) is 2.61. The van der Waals surface area contributed by atoms with E-state index < -0.39 is 0 Å². The van der Waals surface area contributed by atoms with Crippen molar-refractivity contribution in [3.63, 3.8) is 0 Å². The van der Waals surface area contributed by atoms with Crippen LogP contribution in [0.15, 0.2) is 36.5 Å². The second-order valence-corrected chi connectivity index (χ2v) is 8.50. The number of benzene rings is 1. The number of carbonyl (C=O) groups excluding carboxylic acids is 4. The number of anilines is 1. The van der Waals surface area contributed by atoms with Crippen molar-refractivity contribution in [1.29, 1.82) is 0 Å². The van der Waals surface area contributed by atoms with Crippen LogP contribution in [0, 0.1) is 12.8 Å². The highest BCUT2D eigenvalue weighted by Gasteiger charge is 2.36. The number of nitrogens with one attached hydrogen (secondary N) is 1. The third-order valence-corrected chi connectivity index (χ3v) is 6.10. The Hall–Kier alpha value is -3.26. The van der Waals surface area contributed by atoms with Crippen molar-refractivity contribution in [3.05, 3.63) is 58.2 Å². The number of hydrogen-bond acceptors (Lipinski definition) is 5. The zero-order valence-electron chi connectivity index (χ0n) is 17.6. The van der Waals surface area contributed by atoms with Crippen LogP contribution >= 0.6 is 11.6 Å². The fourth-order valence-electron chi connectivity index (χ4n) is 4.04. The standard InChI is InChI=1S/C23H23ClN4O4/c1-14-2-4-17-18(12-14)23(32)28(22(17)31)11-8-20(29)27-9-6-15(7-10-27)21(30)26-19-5-3-16(24)13-25-19/h2-5,12-13,15H,6-11H2,1H3,(H,25,26,30). The SMILES string of the molecule is Cc1ccc2c(c1)C(=O)N(CCC(=O)N1CCC(C(=O)Nc3ccc(Cl)cn3)CC1)C2=O. The van der Waals surface area contributed by atoms with Crippen LogP contribution in [0.25, 0.3) is 0 Å². The Kier molecular flexibility index (Phi) is 6.23. The molecule has 8 nitrogen and oxygen atoms in total. The molecule has 1 N–H and O–H groups in total. The Morgan fingerprint density at radius 1 is 1.09 bits per heavy atom. The number of aromatic nitrogens is 1. The first kappa shape index (κ1) is 22.0. The quantitative estimate of drug-likeness (QED) is 0.700. The first-order valence-corrected chi connectivity index (χ1v) is 10.9. The number of nitrogens with zero attached hydrogens (tertiary/aromatic N) is 3. The van der Waals surface area contributed by atoms with Crippen LogP contribution in [0.2, 0.25) is 5.02 Å². The van der Waals surface area contributed by atoms with Crippen molar-refractivity contribution >= 4 is 41.0 Å². The summed E-state index contributed by atoms with van der Waals surface area (Å²) in [4.78, 5) is 57.1. The van der Waals surface area contributed by atoms with Crippen LogP contribution in [0.3, 0.4) is 0 Å². The summed E-state index contributed by atoms with van der Waals surface area (Å²) in [5.74, 6) is -0.745. The lowest BCUT2D eigenvalue weighted by Crippen LogP contribution is -2.43. The van der Waals surface area contributed by atoms with Crippen molar-refractivity contribution < 1.29 is 19.2 Å². The molecule has 4 amide bonds. The predicted molar refractivity (Wildman–Crippen MR) is 118 cm³/mol. The van der Waals surface area contributed by atoms with Gasteiger partial charge in [0.2, 0.25) is 11.8 Å². The van der Waals surface area contributed by atoms with Gasteiger partial charge in [0.15, 0.2) is 0 Å². The summed E-state index contributed by atoms with van der Waals surface area (Å²) in [5, 5.41) is 3.27. The number of piperidine rings is 1. The van der Waals surface area contributed by atoms with Crippen LogP contribution < -0.4 is 5.32 Å². The Bertz CT molecular complexity index is 1080. The summed E-state index contributed by atoms with van der Waals surface area (Å²) in [6.45, 7) is 2.81. The van der Waals surface area contributed by atoms with Crippen LogP contribution in [0.4, 0.5) is 5.82 Å². The topological polar surface area (TPSA) is 99.7 Å². The summed E-state index contributed by atoms with van der Waals surface area (Å²) in [5.41, 5.74) is 1.68. The molecule has 0 saturated carbocycles. The number of aryl methyl sites for hydroxylation is 1. The maximum atomic E-state index is 12.6. The molecule has 32 heavy (non-hydrogen) atoms. The van der Waals surface area contributed by atoms with Crippen LogP contribution in [0.1, 0.15) is 45.5 Å². The monoisotopic (exact) mass is 454 g/mol. The molecule has 0 aliphatic carbocycles. The van der Waals surface area contributed by atoms with Crippen LogP contribution in [0.5, 0.6) is 0 Å². The lowest BCUT2D eigenvalue weighted by atomic mass is 9.95. The molecule has 166 valence electrons. The minimum absolute atomic E-state index is 0.0485. The van der Waals surface area contributed by atoms with E-state index in [9.17, 15) is 19.2 Å². The number of fused-ring (bicyclic) bond motifs is 1. The third kappa shape index (κ3) is 4.50. The number of likely N-dealkylation sites (tertiary alicyclic amines) is 1. The van der Waals surface area contributed by atoms with Crippen molar-refractivity contribution in [3.8, 4) is 0 Å². The molecule has 2 aliphatic rings. The maximum Gasteiger partial charge on any atom is 0.261 e. The first-order chi connectivity index (χ1) is 15.3. The smallest absolute Gasteiger partial charge is 0.261 e. The van der Waals surface area contributed by atoms with E-state index in [1.165, 1.54) is 6.20 Å². The zero-order valence-corrected chi connectivity index (χ0v) is 18.4. The van der Waals surface area contributed by atoms with Gasteiger partial charge in [0.1, 0.15) is 5.82 Å². The van der Waals surface area contributed by atoms with Crippen LogP contribution in [-0.2, 0) is 9.59 Å². The van der Waals surface area contributed by atoms with Crippen molar-refractivity contribution in [2.45, 2.75) is 26.2 Å². The Balaban J connectivity index is 1.26. The molecule has 0 radical (unpaired) electrons. The Morgan fingerprint density at radius 2 is 1.81 bits per heavy atom. The lowest BCUT2D eigenvalue weighted by Gasteiger charge is -2.31. The van der Waals surface area contributed by atoms with Crippen molar-refractivity contribution in [1.82, 2.24) is 14.8 Å². The summed E-state index contributed by atoms with van der Waals surface area (Å²) in [6, 6.07) is 8.44. The van der Waals surface area contributed by atoms with Gasteiger partial charge in [-0.3, -0.25) is 24.1 Å². The molecule has 1 aromatic carbocycles. The van der Waals surface area contributed by atoms with E-state index in [0.717, 1.165) is 10.5 Å². The molecule has 2 aliphatic heterocycles. The second-order valence-electron chi connectivity index (χ2n) is 8.07. The highest BCUT2D eigenvalue weighted by Crippen LogP contribution is 2.25. The molecule has 9 heteroatoms. The molecule has 0 spiro atoms. The highest BCUT2D eigenvalue weighted by molar-refractivity contribution is 6.30. The molecular weight excluding hydrogens is 432 g/mol. The van der Waals surface area contributed by atoms with Gasteiger partial charge in [0.05, 0.1) is 16.1 Å². The normalized spacial score (nSPS) is 16.3. The minimum Gasteiger partial charge on any atom is -0.343 e. The summed E-state index contributed by atoms with van der Waals surface area (Å²) >= 11 is 5.80. The van der Waals surface area contributed by atoms with Gasteiger partial charge in [-0.15, -0.1) is 0 Å². The largest absolute Gasteiger partial charge is 0.343 e. The molecule has 3 heterocycles. The van der Waals surface area contributed by atoms with Gasteiger partial charge < -0.3 is 10.2 Å². The van der Waals surface area contributed by atoms with Crippen LogP contribution in [-0.4, -0.2) is 58.0 Å². The van der Waals surface area contributed by atoms with E-state index in [-0.39, 0.29) is 42.5 Å². The van der Waals surface area contributed by atoms with Gasteiger partial charge in [0.25, 0.3) is 11.8 Å². The van der Waals surface area contributed by atoms with Gasteiger partial charge in [-0.2, -0.15) is 0 Å². The second kappa shape index (κ2) is 9.08. The molecule has 1 fully saturated rings. The van der Waals surface area contributed by atoms with Gasteiger partial charge in [-0.25, -0.2) is 4.98 Å². The van der Waals surface area contributed by atoms with Gasteiger partial charge >= 0.3 is 0 Å². The molecule has 1 saturated heterocycles. The molecule has 0 bridgehead atoms. The minimum atomic E-state index is -0.357. The number of imide groups is 1. The fraction of sp³-hybridized carbons (Fsp3) is 0.348. The first-order valence-electron chi connectivity index (χ1n) is 10.5. The molecule has 2 aromatic rings.